The number of para-hydroxylation sites is 1. The van der Waals surface area contributed by atoms with Crippen LogP contribution in [0, 0.1) is 6.92 Å². The number of carbonyl (C=O) groups excluding carboxylic acids is 2. The quantitative estimate of drug-likeness (QED) is 0.535. The van der Waals surface area contributed by atoms with Crippen LogP contribution in [-0.2, 0) is 9.59 Å². The van der Waals surface area contributed by atoms with Crippen LogP contribution in [-0.4, -0.2) is 11.9 Å². The number of aryl methyl sites for hydroxylation is 1. The fourth-order valence-corrected chi connectivity index (χ4v) is 2.08. The molecule has 0 bridgehead atoms. The van der Waals surface area contributed by atoms with Crippen molar-refractivity contribution in [2.75, 3.05) is 5.73 Å². The molecule has 0 radical (unpaired) electrons. The number of hydrogen-bond donors (Lipinski definition) is 1. The van der Waals surface area contributed by atoms with Gasteiger partial charge in [0.25, 0.3) is 0 Å². The molecular weight excluding hydrogens is 282 g/mol. The fourth-order valence-electron chi connectivity index (χ4n) is 2.08. The van der Waals surface area contributed by atoms with Gasteiger partial charge in [-0.25, -0.2) is 0 Å². The first-order chi connectivity index (χ1) is 10.4. The Hall–Kier alpha value is -2.82. The molecule has 0 fully saturated rings. The number of ether oxygens (including phenoxy) is 2. The molecule has 0 saturated heterocycles. The summed E-state index contributed by atoms with van der Waals surface area (Å²) in [6.07, 6.45) is 0. The van der Waals surface area contributed by atoms with Crippen LogP contribution in [0.25, 0.3) is 11.1 Å². The zero-order valence-corrected chi connectivity index (χ0v) is 12.7. The van der Waals surface area contributed by atoms with E-state index in [1.54, 1.807) is 18.2 Å². The number of hydrogen-bond acceptors (Lipinski definition) is 5. The van der Waals surface area contributed by atoms with Gasteiger partial charge in [-0.05, 0) is 30.2 Å². The highest BCUT2D eigenvalue weighted by Crippen LogP contribution is 2.35. The molecule has 0 aliphatic carbocycles. The molecule has 0 aliphatic heterocycles. The van der Waals surface area contributed by atoms with Gasteiger partial charge < -0.3 is 15.2 Å². The van der Waals surface area contributed by atoms with Crippen molar-refractivity contribution < 1.29 is 19.1 Å². The van der Waals surface area contributed by atoms with Gasteiger partial charge in [-0.1, -0.05) is 24.3 Å². The van der Waals surface area contributed by atoms with E-state index in [4.69, 9.17) is 15.2 Å². The van der Waals surface area contributed by atoms with Gasteiger partial charge in [-0.3, -0.25) is 9.59 Å². The Morgan fingerprint density at radius 2 is 1.59 bits per heavy atom. The number of carbonyl (C=O) groups is 2. The van der Waals surface area contributed by atoms with Crippen molar-refractivity contribution in [2.24, 2.45) is 0 Å². The number of nitrogen functional groups attached to an aromatic ring is 1. The first kappa shape index (κ1) is 15.6. The molecule has 0 atom stereocenters. The van der Waals surface area contributed by atoms with Crippen molar-refractivity contribution >= 4 is 17.6 Å². The average molecular weight is 299 g/mol. The zero-order valence-electron chi connectivity index (χ0n) is 12.7. The van der Waals surface area contributed by atoms with Crippen molar-refractivity contribution in [1.29, 1.82) is 0 Å². The predicted molar refractivity (Wildman–Crippen MR) is 83.6 cm³/mol. The van der Waals surface area contributed by atoms with Crippen LogP contribution in [0.1, 0.15) is 19.4 Å². The summed E-state index contributed by atoms with van der Waals surface area (Å²) in [7, 11) is 0. The van der Waals surface area contributed by atoms with E-state index in [0.29, 0.717) is 5.69 Å². The second kappa shape index (κ2) is 6.30. The lowest BCUT2D eigenvalue weighted by atomic mass is 10.0. The maximum atomic E-state index is 11.2. The first-order valence-electron chi connectivity index (χ1n) is 6.75. The lowest BCUT2D eigenvalue weighted by molar-refractivity contribution is -0.134. The predicted octanol–water partition coefficient (Wildman–Crippen LogP) is 3.09. The van der Waals surface area contributed by atoms with Crippen LogP contribution < -0.4 is 15.2 Å². The van der Waals surface area contributed by atoms with Gasteiger partial charge >= 0.3 is 11.9 Å². The number of esters is 2. The molecule has 2 rings (SSSR count). The molecule has 114 valence electrons. The summed E-state index contributed by atoms with van der Waals surface area (Å²) in [6, 6.07) is 10.7. The van der Waals surface area contributed by atoms with Gasteiger partial charge in [-0.15, -0.1) is 0 Å². The third-order valence-electron chi connectivity index (χ3n) is 3.09. The maximum absolute atomic E-state index is 11.2. The summed E-state index contributed by atoms with van der Waals surface area (Å²) in [5, 5.41) is 0. The third kappa shape index (κ3) is 3.44. The van der Waals surface area contributed by atoms with Gasteiger partial charge in [0, 0.05) is 25.1 Å². The Bertz CT molecular complexity index is 737. The number of nitrogens with two attached hydrogens (primary N) is 1. The topological polar surface area (TPSA) is 78.6 Å². The van der Waals surface area contributed by atoms with E-state index in [1.807, 2.05) is 25.1 Å². The van der Waals surface area contributed by atoms with Crippen molar-refractivity contribution in [3.05, 3.63) is 42.0 Å². The normalized spacial score (nSPS) is 10.1. The Labute approximate surface area is 128 Å². The molecule has 0 unspecified atom stereocenters. The van der Waals surface area contributed by atoms with Gasteiger partial charge in [0.05, 0.1) is 0 Å². The molecule has 2 aromatic carbocycles. The zero-order chi connectivity index (χ0) is 16.3. The standard InChI is InChI=1S/C17H17NO4/c1-10-5-4-6-14(17(10)18)13-7-8-15(21-11(2)19)16(9-13)22-12(3)20/h4-9H,18H2,1-3H3. The monoisotopic (exact) mass is 299 g/mol. The van der Waals surface area contributed by atoms with Crippen molar-refractivity contribution in [3.8, 4) is 22.6 Å². The SMILES string of the molecule is CC(=O)Oc1ccc(-c2cccc(C)c2N)cc1OC(C)=O. The van der Waals surface area contributed by atoms with Crippen LogP contribution in [0.5, 0.6) is 11.5 Å². The lowest BCUT2D eigenvalue weighted by Crippen LogP contribution is -2.07. The molecule has 0 amide bonds. The smallest absolute Gasteiger partial charge is 0.308 e. The minimum Gasteiger partial charge on any atom is -0.423 e. The number of anilines is 1. The molecule has 0 aromatic heterocycles. The van der Waals surface area contributed by atoms with Crippen LogP contribution >= 0.6 is 0 Å². The highest BCUT2D eigenvalue weighted by atomic mass is 16.6. The second-order valence-corrected chi connectivity index (χ2v) is 4.88. The van der Waals surface area contributed by atoms with Crippen molar-refractivity contribution in [2.45, 2.75) is 20.8 Å². The maximum Gasteiger partial charge on any atom is 0.308 e. The Morgan fingerprint density at radius 3 is 2.23 bits per heavy atom. The summed E-state index contributed by atoms with van der Waals surface area (Å²) in [6.45, 7) is 4.48. The Balaban J connectivity index is 2.52. The van der Waals surface area contributed by atoms with E-state index < -0.39 is 11.9 Å². The largest absolute Gasteiger partial charge is 0.423 e. The third-order valence-corrected chi connectivity index (χ3v) is 3.09. The Kier molecular flexibility index (Phi) is 4.46. The van der Waals surface area contributed by atoms with E-state index in [0.717, 1.165) is 16.7 Å². The van der Waals surface area contributed by atoms with Gasteiger partial charge in [0.2, 0.25) is 0 Å². The van der Waals surface area contributed by atoms with E-state index in [-0.39, 0.29) is 11.5 Å². The Morgan fingerprint density at radius 1 is 0.955 bits per heavy atom. The summed E-state index contributed by atoms with van der Waals surface area (Å²) in [5.41, 5.74) is 9.29. The molecule has 0 heterocycles. The molecule has 0 aliphatic rings. The molecule has 5 nitrogen and oxygen atoms in total. The van der Waals surface area contributed by atoms with E-state index in [1.165, 1.54) is 13.8 Å². The van der Waals surface area contributed by atoms with E-state index in [2.05, 4.69) is 0 Å². The molecule has 5 heteroatoms. The molecule has 22 heavy (non-hydrogen) atoms. The molecule has 0 spiro atoms. The summed E-state index contributed by atoms with van der Waals surface area (Å²) in [4.78, 5) is 22.4. The van der Waals surface area contributed by atoms with Crippen LogP contribution in [0.4, 0.5) is 5.69 Å². The van der Waals surface area contributed by atoms with Gasteiger partial charge in [0.1, 0.15) is 0 Å². The molecule has 2 aromatic rings. The molecule has 0 saturated carbocycles. The second-order valence-electron chi connectivity index (χ2n) is 4.88. The number of benzene rings is 2. The molecule has 2 N–H and O–H groups in total. The van der Waals surface area contributed by atoms with Gasteiger partial charge in [0.15, 0.2) is 11.5 Å². The van der Waals surface area contributed by atoms with E-state index >= 15 is 0 Å². The minimum absolute atomic E-state index is 0.182. The van der Waals surface area contributed by atoms with Crippen LogP contribution in [0.3, 0.4) is 0 Å². The summed E-state index contributed by atoms with van der Waals surface area (Å²) < 4.78 is 10.2. The van der Waals surface area contributed by atoms with Crippen LogP contribution in [0.2, 0.25) is 0 Å². The fraction of sp³-hybridized carbons (Fsp3) is 0.176. The number of rotatable bonds is 3. The minimum atomic E-state index is -0.497. The highest BCUT2D eigenvalue weighted by molar-refractivity contribution is 5.81. The van der Waals surface area contributed by atoms with Crippen LogP contribution in [0.15, 0.2) is 36.4 Å². The molecular formula is C17H17NO4. The van der Waals surface area contributed by atoms with Gasteiger partial charge in [-0.2, -0.15) is 0 Å². The highest BCUT2D eigenvalue weighted by Gasteiger charge is 2.13. The van der Waals surface area contributed by atoms with Crippen molar-refractivity contribution in [3.63, 3.8) is 0 Å². The summed E-state index contributed by atoms with van der Waals surface area (Å²) >= 11 is 0. The average Bonchev–Trinajstić information content (AvgIpc) is 2.43. The van der Waals surface area contributed by atoms with E-state index in [9.17, 15) is 9.59 Å². The first-order valence-corrected chi connectivity index (χ1v) is 6.75. The summed E-state index contributed by atoms with van der Waals surface area (Å²) in [5.74, 6) is -0.613. The van der Waals surface area contributed by atoms with Crippen molar-refractivity contribution in [1.82, 2.24) is 0 Å². The lowest BCUT2D eigenvalue weighted by Gasteiger charge is -2.13.